The number of aromatic nitrogens is 1. The van der Waals surface area contributed by atoms with E-state index in [0.717, 1.165) is 11.3 Å². The molecule has 1 aromatic rings. The number of aryl methyl sites for hydroxylation is 1. The highest BCUT2D eigenvalue weighted by atomic mass is 16.5. The van der Waals surface area contributed by atoms with Crippen LogP contribution in [0.4, 0.5) is 0 Å². The van der Waals surface area contributed by atoms with Crippen molar-refractivity contribution in [2.45, 2.75) is 26.0 Å². The number of aromatic amines is 1. The molecule has 0 spiro atoms. The number of amides is 1. The number of H-pyrrole nitrogens is 1. The molecule has 2 unspecified atom stereocenters. The van der Waals surface area contributed by atoms with E-state index in [2.05, 4.69) is 10.3 Å². The quantitative estimate of drug-likeness (QED) is 0.694. The van der Waals surface area contributed by atoms with Crippen LogP contribution in [0.2, 0.25) is 0 Å². The van der Waals surface area contributed by atoms with Crippen LogP contribution in [-0.4, -0.2) is 30.1 Å². The van der Waals surface area contributed by atoms with Crippen molar-refractivity contribution in [3.05, 3.63) is 33.7 Å². The summed E-state index contributed by atoms with van der Waals surface area (Å²) < 4.78 is 5.39. The fourth-order valence-corrected chi connectivity index (χ4v) is 2.24. The largest absolute Gasteiger partial charge is 0.376 e. The molecule has 1 aliphatic heterocycles. The minimum absolute atomic E-state index is 0.0161. The average Bonchev–Trinajstić information content (AvgIpc) is 2.83. The smallest absolute Gasteiger partial charge is 0.248 e. The Morgan fingerprint density at radius 3 is 3.00 bits per heavy atom. The number of carbonyl (C=O) groups excluding carboxylic acids is 1. The molecule has 0 bridgehead atoms. The second kappa shape index (κ2) is 5.99. The van der Waals surface area contributed by atoms with Crippen molar-refractivity contribution in [3.8, 4) is 0 Å². The van der Waals surface area contributed by atoms with Crippen molar-refractivity contribution >= 4 is 5.91 Å². The summed E-state index contributed by atoms with van der Waals surface area (Å²) in [5, 5.41) is 2.83. The van der Waals surface area contributed by atoms with Gasteiger partial charge < -0.3 is 20.8 Å². The van der Waals surface area contributed by atoms with Gasteiger partial charge in [0.25, 0.3) is 0 Å². The number of carbonyl (C=O) groups is 1. The van der Waals surface area contributed by atoms with Gasteiger partial charge in [0, 0.05) is 24.8 Å². The molecule has 104 valence electrons. The van der Waals surface area contributed by atoms with Gasteiger partial charge in [-0.15, -0.1) is 0 Å². The molecule has 2 atom stereocenters. The molecule has 1 aliphatic rings. The first-order valence-corrected chi connectivity index (χ1v) is 6.37. The van der Waals surface area contributed by atoms with Gasteiger partial charge >= 0.3 is 0 Å². The molecule has 0 aliphatic carbocycles. The zero-order chi connectivity index (χ0) is 13.8. The first-order chi connectivity index (χ1) is 9.08. The topological polar surface area (TPSA) is 97.2 Å². The van der Waals surface area contributed by atoms with Gasteiger partial charge in [-0.2, -0.15) is 0 Å². The van der Waals surface area contributed by atoms with Crippen LogP contribution in [0.15, 0.2) is 16.9 Å². The Balaban J connectivity index is 1.88. The van der Waals surface area contributed by atoms with E-state index in [1.807, 2.05) is 13.0 Å². The zero-order valence-corrected chi connectivity index (χ0v) is 10.9. The standard InChI is InChI=1S/C13H19N3O3/c1-8-2-9(3-12(17)16-8)6-15-13(18)10-4-11(5-14)19-7-10/h2-3,10-11H,4-7,14H2,1H3,(H,15,18)(H,16,17). The number of rotatable bonds is 4. The second-order valence-electron chi connectivity index (χ2n) is 4.88. The maximum Gasteiger partial charge on any atom is 0.248 e. The van der Waals surface area contributed by atoms with Crippen molar-refractivity contribution < 1.29 is 9.53 Å². The number of nitrogens with one attached hydrogen (secondary N) is 2. The highest BCUT2D eigenvalue weighted by molar-refractivity contribution is 5.79. The summed E-state index contributed by atoms with van der Waals surface area (Å²) >= 11 is 0. The average molecular weight is 265 g/mol. The predicted octanol–water partition coefficient (Wildman–Crippen LogP) is -0.337. The molecule has 4 N–H and O–H groups in total. The fraction of sp³-hybridized carbons (Fsp3) is 0.538. The van der Waals surface area contributed by atoms with Crippen molar-refractivity contribution in [1.82, 2.24) is 10.3 Å². The van der Waals surface area contributed by atoms with E-state index in [-0.39, 0.29) is 23.5 Å². The molecule has 2 heterocycles. The molecule has 1 fully saturated rings. The molecule has 6 heteroatoms. The van der Waals surface area contributed by atoms with E-state index in [1.165, 1.54) is 6.07 Å². The van der Waals surface area contributed by atoms with Gasteiger partial charge in [0.1, 0.15) is 0 Å². The molecular weight excluding hydrogens is 246 g/mol. The van der Waals surface area contributed by atoms with Crippen LogP contribution >= 0.6 is 0 Å². The van der Waals surface area contributed by atoms with Crippen molar-refractivity contribution in [2.24, 2.45) is 11.7 Å². The lowest BCUT2D eigenvalue weighted by Gasteiger charge is -2.09. The number of nitrogens with two attached hydrogens (primary N) is 1. The molecule has 1 amide bonds. The third-order valence-electron chi connectivity index (χ3n) is 3.22. The van der Waals surface area contributed by atoms with Crippen LogP contribution in [-0.2, 0) is 16.1 Å². The molecule has 0 radical (unpaired) electrons. The van der Waals surface area contributed by atoms with Crippen LogP contribution in [0.1, 0.15) is 17.7 Å². The van der Waals surface area contributed by atoms with Crippen LogP contribution < -0.4 is 16.6 Å². The first-order valence-electron chi connectivity index (χ1n) is 6.37. The minimum Gasteiger partial charge on any atom is -0.376 e. The lowest BCUT2D eigenvalue weighted by atomic mass is 10.0. The molecule has 19 heavy (non-hydrogen) atoms. The van der Waals surface area contributed by atoms with E-state index in [1.54, 1.807) is 0 Å². The maximum atomic E-state index is 11.9. The fourth-order valence-electron chi connectivity index (χ4n) is 2.24. The van der Waals surface area contributed by atoms with Gasteiger partial charge in [-0.1, -0.05) is 0 Å². The number of pyridine rings is 1. The molecule has 6 nitrogen and oxygen atoms in total. The molecular formula is C13H19N3O3. The van der Waals surface area contributed by atoms with Crippen molar-refractivity contribution in [2.75, 3.05) is 13.2 Å². The van der Waals surface area contributed by atoms with Gasteiger partial charge in [-0.25, -0.2) is 0 Å². The molecule has 2 rings (SSSR count). The Bertz CT molecular complexity index is 512. The van der Waals surface area contributed by atoms with Gasteiger partial charge in [0.2, 0.25) is 11.5 Å². The normalized spacial score (nSPS) is 22.4. The SMILES string of the molecule is Cc1cc(CNC(=O)C2COC(CN)C2)cc(=O)[nH]1. The van der Waals surface area contributed by atoms with Crippen LogP contribution in [0.3, 0.4) is 0 Å². The van der Waals surface area contributed by atoms with Crippen LogP contribution in [0, 0.1) is 12.8 Å². The van der Waals surface area contributed by atoms with Gasteiger partial charge in [-0.05, 0) is 25.0 Å². The highest BCUT2D eigenvalue weighted by Gasteiger charge is 2.29. The summed E-state index contributed by atoms with van der Waals surface area (Å²) in [6.45, 7) is 3.02. The lowest BCUT2D eigenvalue weighted by molar-refractivity contribution is -0.125. The Hall–Kier alpha value is -1.66. The monoisotopic (exact) mass is 265 g/mol. The van der Waals surface area contributed by atoms with Crippen LogP contribution in [0.25, 0.3) is 0 Å². The first kappa shape index (κ1) is 13.8. The van der Waals surface area contributed by atoms with Crippen LogP contribution in [0.5, 0.6) is 0 Å². The van der Waals surface area contributed by atoms with E-state index in [9.17, 15) is 9.59 Å². The third-order valence-corrected chi connectivity index (χ3v) is 3.22. The van der Waals surface area contributed by atoms with Gasteiger partial charge in [0.15, 0.2) is 0 Å². The van der Waals surface area contributed by atoms with Gasteiger partial charge in [0.05, 0.1) is 18.6 Å². The number of hydrogen-bond donors (Lipinski definition) is 3. The summed E-state index contributed by atoms with van der Waals surface area (Å²) in [4.78, 5) is 25.9. The van der Waals surface area contributed by atoms with Crippen molar-refractivity contribution in [1.29, 1.82) is 0 Å². The van der Waals surface area contributed by atoms with Gasteiger partial charge in [-0.3, -0.25) is 9.59 Å². The Morgan fingerprint density at radius 2 is 2.37 bits per heavy atom. The van der Waals surface area contributed by atoms with E-state index in [4.69, 9.17) is 10.5 Å². The molecule has 0 aromatic carbocycles. The predicted molar refractivity (Wildman–Crippen MR) is 70.5 cm³/mol. The minimum atomic E-state index is -0.156. The highest BCUT2D eigenvalue weighted by Crippen LogP contribution is 2.18. The van der Waals surface area contributed by atoms with E-state index < -0.39 is 0 Å². The van der Waals surface area contributed by atoms with E-state index >= 15 is 0 Å². The summed E-state index contributed by atoms with van der Waals surface area (Å²) in [6.07, 6.45) is 0.647. The molecule has 0 saturated carbocycles. The lowest BCUT2D eigenvalue weighted by Crippen LogP contribution is -2.31. The maximum absolute atomic E-state index is 11.9. The summed E-state index contributed by atoms with van der Waals surface area (Å²) in [5.74, 6) is -0.189. The zero-order valence-electron chi connectivity index (χ0n) is 10.9. The van der Waals surface area contributed by atoms with E-state index in [0.29, 0.717) is 26.1 Å². The Morgan fingerprint density at radius 1 is 1.58 bits per heavy atom. The number of hydrogen-bond acceptors (Lipinski definition) is 4. The second-order valence-corrected chi connectivity index (χ2v) is 4.88. The Kier molecular flexibility index (Phi) is 4.34. The van der Waals surface area contributed by atoms with Crippen molar-refractivity contribution in [3.63, 3.8) is 0 Å². The summed E-state index contributed by atoms with van der Waals surface area (Å²) in [5.41, 5.74) is 6.92. The number of ether oxygens (including phenoxy) is 1. The summed E-state index contributed by atoms with van der Waals surface area (Å²) in [6, 6.07) is 3.33. The summed E-state index contributed by atoms with van der Waals surface area (Å²) in [7, 11) is 0. The molecule has 1 saturated heterocycles. The Labute approximate surface area is 111 Å². The molecule has 1 aromatic heterocycles. The third kappa shape index (κ3) is 3.65.